The van der Waals surface area contributed by atoms with Crippen LogP contribution in [0.5, 0.6) is 0 Å². The molecular weight excluding hydrogens is 383 g/mol. The topological polar surface area (TPSA) is 80.3 Å². The molecule has 8 heteroatoms. The van der Waals surface area contributed by atoms with Crippen LogP contribution in [0.3, 0.4) is 0 Å². The minimum atomic E-state index is -0.423. The number of oxazole rings is 1. The van der Waals surface area contributed by atoms with Crippen molar-refractivity contribution < 1.29 is 8.81 Å². The molecule has 4 aromatic rings. The molecule has 156 valence electrons. The molecule has 0 bridgehead atoms. The number of imidazole rings is 1. The Morgan fingerprint density at radius 2 is 1.90 bits per heavy atom. The van der Waals surface area contributed by atoms with Gasteiger partial charge < -0.3 is 15.1 Å². The second kappa shape index (κ2) is 7.05. The van der Waals surface area contributed by atoms with E-state index in [1.807, 2.05) is 26.1 Å². The maximum absolute atomic E-state index is 14.9. The summed E-state index contributed by atoms with van der Waals surface area (Å²) in [6.45, 7) is 8.22. The Bertz CT molecular complexity index is 1240. The first-order chi connectivity index (χ1) is 14.4. The van der Waals surface area contributed by atoms with Gasteiger partial charge in [-0.05, 0) is 64.3 Å². The van der Waals surface area contributed by atoms with E-state index in [0.717, 1.165) is 29.7 Å². The predicted octanol–water partition coefficient (Wildman–Crippen LogP) is 4.23. The van der Waals surface area contributed by atoms with E-state index in [1.54, 1.807) is 10.6 Å². The fraction of sp³-hybridized carbons (Fsp3) is 0.409. The number of nitrogens with zero attached hydrogens (tertiary/aromatic N) is 4. The summed E-state index contributed by atoms with van der Waals surface area (Å²) in [4.78, 5) is 8.82. The molecule has 1 aliphatic heterocycles. The third-order valence-corrected chi connectivity index (χ3v) is 5.65. The molecule has 0 amide bonds. The molecule has 2 atom stereocenters. The molecular formula is C22H25FN6O. The zero-order chi connectivity index (χ0) is 21.0. The number of aromatic nitrogens is 4. The number of aryl methyl sites for hydroxylation is 2. The van der Waals surface area contributed by atoms with Crippen LogP contribution < -0.4 is 10.6 Å². The second-order valence-electron chi connectivity index (χ2n) is 8.47. The number of hydrogen-bond acceptors (Lipinski definition) is 6. The molecule has 2 unspecified atom stereocenters. The van der Waals surface area contributed by atoms with Crippen LogP contribution >= 0.6 is 0 Å². The molecule has 7 nitrogen and oxygen atoms in total. The maximum Gasteiger partial charge on any atom is 0.296 e. The van der Waals surface area contributed by atoms with Crippen molar-refractivity contribution >= 4 is 22.8 Å². The first-order valence-electron chi connectivity index (χ1n) is 10.3. The molecule has 2 N–H and O–H groups in total. The van der Waals surface area contributed by atoms with E-state index in [4.69, 9.17) is 4.42 Å². The molecule has 0 radical (unpaired) electrons. The highest BCUT2D eigenvalue weighted by molar-refractivity contribution is 5.81. The van der Waals surface area contributed by atoms with Gasteiger partial charge in [-0.3, -0.25) is 0 Å². The number of piperidine rings is 1. The van der Waals surface area contributed by atoms with Crippen molar-refractivity contribution in [3.8, 4) is 11.3 Å². The SMILES string of the molecule is Cc1cn2nc(-c3cc(F)c4nc(NC5CC(C)NC(C)C5)oc4c3)cc(C)c2n1. The van der Waals surface area contributed by atoms with Crippen molar-refractivity contribution in [3.63, 3.8) is 0 Å². The highest BCUT2D eigenvalue weighted by Gasteiger charge is 2.25. The van der Waals surface area contributed by atoms with Crippen LogP contribution in [-0.2, 0) is 0 Å². The largest absolute Gasteiger partial charge is 0.423 e. The third kappa shape index (κ3) is 3.41. The Labute approximate surface area is 173 Å². The Morgan fingerprint density at radius 3 is 2.67 bits per heavy atom. The van der Waals surface area contributed by atoms with Gasteiger partial charge in [-0.25, -0.2) is 13.9 Å². The monoisotopic (exact) mass is 408 g/mol. The molecule has 0 aliphatic carbocycles. The van der Waals surface area contributed by atoms with Crippen LogP contribution in [0, 0.1) is 19.7 Å². The van der Waals surface area contributed by atoms with Crippen LogP contribution in [0.15, 0.2) is 28.8 Å². The van der Waals surface area contributed by atoms with Crippen molar-refractivity contribution in [3.05, 3.63) is 41.5 Å². The molecule has 0 saturated carbocycles. The fourth-order valence-corrected chi connectivity index (χ4v) is 4.45. The van der Waals surface area contributed by atoms with Crippen molar-refractivity contribution in [1.29, 1.82) is 0 Å². The summed E-state index contributed by atoms with van der Waals surface area (Å²) in [6.07, 6.45) is 3.78. The lowest BCUT2D eigenvalue weighted by Gasteiger charge is -2.32. The number of halogens is 1. The Hall–Kier alpha value is -3.00. The van der Waals surface area contributed by atoms with Crippen molar-refractivity contribution in [1.82, 2.24) is 24.9 Å². The minimum absolute atomic E-state index is 0.229. The standard InChI is InChI=1S/C22H25FN6O/c1-11-5-18(28-29-10-14(4)25-21(11)29)15-8-17(23)20-19(9-15)30-22(27-20)26-16-6-12(2)24-13(3)7-16/h5,8-10,12-13,16,24H,6-7H2,1-4H3,(H,26,27). The smallest absolute Gasteiger partial charge is 0.296 e. The average molecular weight is 408 g/mol. The fourth-order valence-electron chi connectivity index (χ4n) is 4.45. The summed E-state index contributed by atoms with van der Waals surface area (Å²) in [5.74, 6) is -0.423. The van der Waals surface area contributed by atoms with E-state index in [2.05, 4.69) is 39.5 Å². The van der Waals surface area contributed by atoms with Crippen molar-refractivity contribution in [2.45, 2.75) is 58.7 Å². The number of hydrogen-bond donors (Lipinski definition) is 2. The Kier molecular flexibility index (Phi) is 4.47. The molecule has 1 aromatic carbocycles. The molecule has 1 aliphatic rings. The predicted molar refractivity (Wildman–Crippen MR) is 114 cm³/mol. The van der Waals surface area contributed by atoms with Gasteiger partial charge in [0.2, 0.25) is 0 Å². The van der Waals surface area contributed by atoms with E-state index in [1.165, 1.54) is 6.07 Å². The van der Waals surface area contributed by atoms with Gasteiger partial charge in [-0.2, -0.15) is 10.1 Å². The number of fused-ring (bicyclic) bond motifs is 2. The highest BCUT2D eigenvalue weighted by Crippen LogP contribution is 2.30. The molecule has 0 spiro atoms. The van der Waals surface area contributed by atoms with Crippen LogP contribution in [0.1, 0.15) is 37.9 Å². The number of benzene rings is 1. The number of nitrogens with one attached hydrogen (secondary N) is 2. The van der Waals surface area contributed by atoms with E-state index in [-0.39, 0.29) is 11.6 Å². The van der Waals surface area contributed by atoms with Gasteiger partial charge in [0.25, 0.3) is 6.01 Å². The van der Waals surface area contributed by atoms with Gasteiger partial charge in [0.15, 0.2) is 17.0 Å². The number of rotatable bonds is 3. The number of anilines is 1. The second-order valence-corrected chi connectivity index (χ2v) is 8.47. The Morgan fingerprint density at radius 1 is 1.13 bits per heavy atom. The summed E-state index contributed by atoms with van der Waals surface area (Å²) >= 11 is 0. The van der Waals surface area contributed by atoms with E-state index in [9.17, 15) is 4.39 Å². The van der Waals surface area contributed by atoms with Gasteiger partial charge in [0.05, 0.1) is 17.6 Å². The third-order valence-electron chi connectivity index (χ3n) is 5.65. The van der Waals surface area contributed by atoms with Gasteiger partial charge in [-0.15, -0.1) is 0 Å². The first kappa shape index (κ1) is 19.0. The van der Waals surface area contributed by atoms with Gasteiger partial charge >= 0.3 is 0 Å². The zero-order valence-electron chi connectivity index (χ0n) is 17.5. The maximum atomic E-state index is 14.9. The zero-order valence-corrected chi connectivity index (χ0v) is 17.5. The first-order valence-corrected chi connectivity index (χ1v) is 10.3. The van der Waals surface area contributed by atoms with E-state index >= 15 is 0 Å². The van der Waals surface area contributed by atoms with E-state index < -0.39 is 5.82 Å². The molecule has 1 fully saturated rings. The molecule has 4 heterocycles. The lowest BCUT2D eigenvalue weighted by molar-refractivity contribution is 0.326. The normalized spacial score (nSPS) is 22.1. The molecule has 30 heavy (non-hydrogen) atoms. The van der Waals surface area contributed by atoms with Crippen LogP contribution in [-0.4, -0.2) is 37.7 Å². The van der Waals surface area contributed by atoms with Gasteiger partial charge in [-0.1, -0.05) is 0 Å². The molecule has 3 aromatic heterocycles. The van der Waals surface area contributed by atoms with Crippen LogP contribution in [0.2, 0.25) is 0 Å². The summed E-state index contributed by atoms with van der Waals surface area (Å²) in [6, 6.07) is 6.59. The summed E-state index contributed by atoms with van der Waals surface area (Å²) < 4.78 is 22.5. The lowest BCUT2D eigenvalue weighted by Crippen LogP contribution is -2.46. The van der Waals surface area contributed by atoms with Crippen molar-refractivity contribution in [2.24, 2.45) is 0 Å². The summed E-state index contributed by atoms with van der Waals surface area (Å²) in [5.41, 5.74) is 4.60. The Balaban J connectivity index is 1.49. The molecule has 1 saturated heterocycles. The quantitative estimate of drug-likeness (QED) is 0.528. The van der Waals surface area contributed by atoms with Gasteiger partial charge in [0, 0.05) is 23.7 Å². The van der Waals surface area contributed by atoms with Crippen LogP contribution in [0.4, 0.5) is 10.4 Å². The highest BCUT2D eigenvalue weighted by atomic mass is 19.1. The summed E-state index contributed by atoms with van der Waals surface area (Å²) in [5, 5.41) is 11.4. The van der Waals surface area contributed by atoms with Gasteiger partial charge in [0.1, 0.15) is 5.52 Å². The van der Waals surface area contributed by atoms with Crippen LogP contribution in [0.25, 0.3) is 28.0 Å². The molecule has 5 rings (SSSR count). The van der Waals surface area contributed by atoms with Crippen molar-refractivity contribution in [2.75, 3.05) is 5.32 Å². The summed E-state index contributed by atoms with van der Waals surface area (Å²) in [7, 11) is 0. The lowest BCUT2D eigenvalue weighted by atomic mass is 9.95. The average Bonchev–Trinajstić information content (AvgIpc) is 3.23. The van der Waals surface area contributed by atoms with E-state index in [0.29, 0.717) is 34.9 Å². The minimum Gasteiger partial charge on any atom is -0.423 e.